The number of anilines is 3. The lowest BCUT2D eigenvalue weighted by Gasteiger charge is -2.28. The molecule has 1 aliphatic heterocycles. The number of nitrogens with zero attached hydrogens (tertiary/aromatic N) is 5. The van der Waals surface area contributed by atoms with Crippen molar-refractivity contribution in [2.75, 3.05) is 42.3 Å². The Morgan fingerprint density at radius 1 is 1.17 bits per heavy atom. The second kappa shape index (κ2) is 7.25. The van der Waals surface area contributed by atoms with Crippen LogP contribution in [0.2, 0.25) is 0 Å². The summed E-state index contributed by atoms with van der Waals surface area (Å²) in [6.45, 7) is 1.96. The number of hydrogen-bond donors (Lipinski definition) is 1. The van der Waals surface area contributed by atoms with Crippen molar-refractivity contribution in [1.29, 1.82) is 0 Å². The zero-order valence-electron chi connectivity index (χ0n) is 14.1. The molecule has 7 heteroatoms. The molecule has 0 bridgehead atoms. The largest absolute Gasteiger partial charge is 0.361 e. The van der Waals surface area contributed by atoms with Gasteiger partial charge in [-0.15, -0.1) is 0 Å². The Labute approximate surface area is 141 Å². The van der Waals surface area contributed by atoms with E-state index in [2.05, 4.69) is 25.2 Å². The minimum Gasteiger partial charge on any atom is -0.361 e. The summed E-state index contributed by atoms with van der Waals surface area (Å²) in [6, 6.07) is 5.23. The molecule has 3 heterocycles. The first kappa shape index (κ1) is 16.2. The standard InChI is InChI=1S/C17H22N6O/c1-22(2)15-14(20-16(24)13-8-4-5-9-18-13)12-19-17(21-15)23-10-6-3-7-11-23/h4-5,8-9,12H,3,6-7,10-11H2,1-2H3,(H,20,24). The molecule has 1 saturated heterocycles. The highest BCUT2D eigenvalue weighted by Crippen LogP contribution is 2.25. The fraction of sp³-hybridized carbons (Fsp3) is 0.412. The van der Waals surface area contributed by atoms with Crippen LogP contribution in [0.5, 0.6) is 0 Å². The first-order valence-electron chi connectivity index (χ1n) is 8.17. The van der Waals surface area contributed by atoms with E-state index in [0.717, 1.165) is 13.1 Å². The van der Waals surface area contributed by atoms with Gasteiger partial charge in [0.2, 0.25) is 5.95 Å². The summed E-state index contributed by atoms with van der Waals surface area (Å²) in [4.78, 5) is 29.5. The van der Waals surface area contributed by atoms with Crippen molar-refractivity contribution in [3.8, 4) is 0 Å². The molecule has 0 saturated carbocycles. The molecule has 0 atom stereocenters. The lowest BCUT2D eigenvalue weighted by molar-refractivity contribution is 0.102. The molecule has 0 aromatic carbocycles. The van der Waals surface area contributed by atoms with Gasteiger partial charge in [-0.3, -0.25) is 9.78 Å². The van der Waals surface area contributed by atoms with Crippen LogP contribution in [-0.4, -0.2) is 48.0 Å². The predicted octanol–water partition coefficient (Wildman–Crippen LogP) is 2.18. The van der Waals surface area contributed by atoms with Crippen molar-refractivity contribution in [1.82, 2.24) is 15.0 Å². The highest BCUT2D eigenvalue weighted by atomic mass is 16.1. The number of rotatable bonds is 4. The monoisotopic (exact) mass is 326 g/mol. The maximum absolute atomic E-state index is 12.3. The van der Waals surface area contributed by atoms with Crippen LogP contribution in [0.3, 0.4) is 0 Å². The van der Waals surface area contributed by atoms with Crippen molar-refractivity contribution < 1.29 is 4.79 Å². The molecule has 2 aromatic rings. The third-order valence-electron chi connectivity index (χ3n) is 3.96. The molecule has 24 heavy (non-hydrogen) atoms. The zero-order chi connectivity index (χ0) is 16.9. The smallest absolute Gasteiger partial charge is 0.274 e. The minimum absolute atomic E-state index is 0.270. The van der Waals surface area contributed by atoms with Crippen LogP contribution in [0, 0.1) is 0 Å². The summed E-state index contributed by atoms with van der Waals surface area (Å²) in [7, 11) is 3.80. The Morgan fingerprint density at radius 3 is 2.62 bits per heavy atom. The van der Waals surface area contributed by atoms with Gasteiger partial charge in [0, 0.05) is 33.4 Å². The van der Waals surface area contributed by atoms with Crippen LogP contribution in [0.1, 0.15) is 29.8 Å². The summed E-state index contributed by atoms with van der Waals surface area (Å²) in [5.74, 6) is 1.14. The summed E-state index contributed by atoms with van der Waals surface area (Å²) in [6.07, 6.45) is 6.86. The number of piperidine rings is 1. The second-order valence-electron chi connectivity index (χ2n) is 6.02. The van der Waals surface area contributed by atoms with Crippen LogP contribution >= 0.6 is 0 Å². The molecule has 0 aliphatic carbocycles. The van der Waals surface area contributed by atoms with E-state index in [0.29, 0.717) is 23.1 Å². The van der Waals surface area contributed by atoms with E-state index >= 15 is 0 Å². The summed E-state index contributed by atoms with van der Waals surface area (Å²) >= 11 is 0. The molecule has 1 aliphatic rings. The lowest BCUT2D eigenvalue weighted by atomic mass is 10.1. The van der Waals surface area contributed by atoms with Crippen LogP contribution in [0.15, 0.2) is 30.6 Å². The molecule has 0 spiro atoms. The van der Waals surface area contributed by atoms with Crippen molar-refractivity contribution in [3.63, 3.8) is 0 Å². The Morgan fingerprint density at radius 2 is 1.96 bits per heavy atom. The van der Waals surface area contributed by atoms with Gasteiger partial charge in [0.15, 0.2) is 5.82 Å². The van der Waals surface area contributed by atoms with Gasteiger partial charge in [-0.2, -0.15) is 4.98 Å². The maximum atomic E-state index is 12.3. The van der Waals surface area contributed by atoms with E-state index in [1.54, 1.807) is 30.6 Å². The fourth-order valence-electron chi connectivity index (χ4n) is 2.72. The van der Waals surface area contributed by atoms with Crippen LogP contribution in [0.25, 0.3) is 0 Å². The van der Waals surface area contributed by atoms with Gasteiger partial charge >= 0.3 is 0 Å². The maximum Gasteiger partial charge on any atom is 0.274 e. The van der Waals surface area contributed by atoms with E-state index in [9.17, 15) is 4.79 Å². The average molecular weight is 326 g/mol. The number of amides is 1. The first-order chi connectivity index (χ1) is 11.6. The molecule has 7 nitrogen and oxygen atoms in total. The van der Waals surface area contributed by atoms with Crippen LogP contribution in [0.4, 0.5) is 17.5 Å². The van der Waals surface area contributed by atoms with Gasteiger partial charge in [0.05, 0.1) is 6.20 Å². The second-order valence-corrected chi connectivity index (χ2v) is 6.02. The Hall–Kier alpha value is -2.70. The fourth-order valence-corrected chi connectivity index (χ4v) is 2.72. The van der Waals surface area contributed by atoms with Gasteiger partial charge in [-0.25, -0.2) is 4.98 Å². The van der Waals surface area contributed by atoms with Crippen molar-refractivity contribution in [2.24, 2.45) is 0 Å². The molecule has 126 valence electrons. The van der Waals surface area contributed by atoms with E-state index in [-0.39, 0.29) is 5.91 Å². The van der Waals surface area contributed by atoms with E-state index in [4.69, 9.17) is 0 Å². The molecule has 0 unspecified atom stereocenters. The summed E-state index contributed by atoms with van der Waals surface area (Å²) in [5.41, 5.74) is 0.943. The van der Waals surface area contributed by atoms with E-state index in [1.807, 2.05) is 19.0 Å². The molecule has 1 N–H and O–H groups in total. The Balaban J connectivity index is 1.83. The van der Waals surface area contributed by atoms with Crippen molar-refractivity contribution >= 4 is 23.4 Å². The SMILES string of the molecule is CN(C)c1nc(N2CCCCC2)ncc1NC(=O)c1ccccn1. The van der Waals surface area contributed by atoms with Crippen LogP contribution < -0.4 is 15.1 Å². The minimum atomic E-state index is -0.270. The zero-order valence-corrected chi connectivity index (χ0v) is 14.1. The third kappa shape index (κ3) is 3.61. The number of carbonyl (C=O) groups excluding carboxylic acids is 1. The molecule has 3 rings (SSSR count). The normalized spacial score (nSPS) is 14.3. The highest BCUT2D eigenvalue weighted by molar-refractivity contribution is 6.04. The van der Waals surface area contributed by atoms with Gasteiger partial charge in [-0.05, 0) is 31.4 Å². The molecule has 1 fully saturated rings. The van der Waals surface area contributed by atoms with Crippen molar-refractivity contribution in [3.05, 3.63) is 36.3 Å². The average Bonchev–Trinajstić information content (AvgIpc) is 2.63. The number of aromatic nitrogens is 3. The molecular formula is C17H22N6O. The quantitative estimate of drug-likeness (QED) is 0.928. The molecular weight excluding hydrogens is 304 g/mol. The Bertz CT molecular complexity index is 697. The van der Waals surface area contributed by atoms with Gasteiger partial charge < -0.3 is 15.1 Å². The van der Waals surface area contributed by atoms with Crippen molar-refractivity contribution in [2.45, 2.75) is 19.3 Å². The number of nitrogens with one attached hydrogen (secondary N) is 1. The topological polar surface area (TPSA) is 74.2 Å². The lowest BCUT2D eigenvalue weighted by Crippen LogP contribution is -2.31. The molecule has 1 amide bonds. The number of carbonyl (C=O) groups is 1. The van der Waals surface area contributed by atoms with Gasteiger partial charge in [0.1, 0.15) is 11.4 Å². The highest BCUT2D eigenvalue weighted by Gasteiger charge is 2.18. The number of pyridine rings is 1. The van der Waals surface area contributed by atoms with Crippen LogP contribution in [-0.2, 0) is 0 Å². The third-order valence-corrected chi connectivity index (χ3v) is 3.96. The Kier molecular flexibility index (Phi) is 4.88. The van der Waals surface area contributed by atoms with E-state index < -0.39 is 0 Å². The first-order valence-corrected chi connectivity index (χ1v) is 8.17. The van der Waals surface area contributed by atoms with E-state index in [1.165, 1.54) is 19.3 Å². The summed E-state index contributed by atoms with van der Waals surface area (Å²) < 4.78 is 0. The molecule has 0 radical (unpaired) electrons. The predicted molar refractivity (Wildman–Crippen MR) is 94.6 cm³/mol. The molecule has 2 aromatic heterocycles. The number of hydrogen-bond acceptors (Lipinski definition) is 6. The summed E-state index contributed by atoms with van der Waals surface area (Å²) in [5, 5.41) is 2.85. The van der Waals surface area contributed by atoms with Gasteiger partial charge in [-0.1, -0.05) is 6.07 Å². The van der Waals surface area contributed by atoms with Gasteiger partial charge in [0.25, 0.3) is 5.91 Å².